The number of aromatic nitrogens is 1. The predicted molar refractivity (Wildman–Crippen MR) is 110 cm³/mol. The normalized spacial score (nSPS) is 16.0. The lowest BCUT2D eigenvalue weighted by atomic mass is 10.2. The Hall–Kier alpha value is -2.28. The van der Waals surface area contributed by atoms with Gasteiger partial charge in [-0.3, -0.25) is 14.7 Å². The van der Waals surface area contributed by atoms with Gasteiger partial charge < -0.3 is 0 Å². The van der Waals surface area contributed by atoms with Crippen LogP contribution in [0.2, 0.25) is 0 Å². The van der Waals surface area contributed by atoms with E-state index in [9.17, 15) is 4.79 Å². The van der Waals surface area contributed by atoms with Gasteiger partial charge >= 0.3 is 0 Å². The average Bonchev–Trinajstić information content (AvgIpc) is 3.22. The minimum atomic E-state index is -0.0994. The quantitative estimate of drug-likeness (QED) is 0.461. The summed E-state index contributed by atoms with van der Waals surface area (Å²) < 4.78 is 0.532. The first-order valence-corrected chi connectivity index (χ1v) is 9.60. The summed E-state index contributed by atoms with van der Waals surface area (Å²) in [5, 5.41) is 0. The molecule has 1 aliphatic heterocycles. The molecule has 25 heavy (non-hydrogen) atoms. The van der Waals surface area contributed by atoms with E-state index in [1.165, 1.54) is 27.1 Å². The maximum Gasteiger partial charge on any atom is 0.270 e. The van der Waals surface area contributed by atoms with Crippen molar-refractivity contribution in [3.05, 3.63) is 76.8 Å². The molecule has 0 atom stereocenters. The van der Waals surface area contributed by atoms with Gasteiger partial charge in [-0.2, -0.15) is 0 Å². The van der Waals surface area contributed by atoms with Gasteiger partial charge in [-0.05, 0) is 35.9 Å². The molecule has 1 amide bonds. The number of carbonyl (C=O) groups is 1. The molecule has 0 radical (unpaired) electrons. The van der Waals surface area contributed by atoms with Gasteiger partial charge in [0, 0.05) is 16.0 Å². The molecule has 4 rings (SSSR count). The predicted octanol–water partition coefficient (Wildman–Crippen LogP) is 5.22. The van der Waals surface area contributed by atoms with Crippen LogP contribution in [0.1, 0.15) is 4.88 Å². The van der Waals surface area contributed by atoms with Gasteiger partial charge in [0.2, 0.25) is 0 Å². The van der Waals surface area contributed by atoms with Crippen molar-refractivity contribution in [2.24, 2.45) is 0 Å². The summed E-state index contributed by atoms with van der Waals surface area (Å²) in [5.41, 5.74) is 1.87. The Labute approximate surface area is 159 Å². The zero-order valence-electron chi connectivity index (χ0n) is 13.0. The molecule has 122 valence electrons. The zero-order chi connectivity index (χ0) is 17.2. The van der Waals surface area contributed by atoms with Crippen LogP contribution >= 0.6 is 35.3 Å². The number of rotatable bonds is 3. The van der Waals surface area contributed by atoms with Gasteiger partial charge in [0.1, 0.15) is 0 Å². The number of carbonyl (C=O) groups excluding carboxylic acids is 1. The summed E-state index contributed by atoms with van der Waals surface area (Å²) >= 11 is 8.36. The molecule has 0 unspecified atom stereocenters. The SMILES string of the molecule is O=C1/C(=C/c2ccc(-c3ccccc3)s2)SC(=S)N1c1cccnc1. The zero-order valence-corrected chi connectivity index (χ0v) is 15.4. The van der Waals surface area contributed by atoms with E-state index in [-0.39, 0.29) is 5.91 Å². The van der Waals surface area contributed by atoms with Gasteiger partial charge in [0.05, 0.1) is 16.8 Å². The average molecular weight is 381 g/mol. The standard InChI is InChI=1S/C19H12N2OS3/c22-18-17(25-19(23)21(18)14-7-4-10-20-12-14)11-15-8-9-16(24-15)13-5-2-1-3-6-13/h1-12H/b17-11-. The molecule has 3 aromatic rings. The third-order valence-corrected chi connectivity index (χ3v) is 6.04. The number of anilines is 1. The molecular weight excluding hydrogens is 368 g/mol. The topological polar surface area (TPSA) is 33.2 Å². The van der Waals surface area contributed by atoms with Gasteiger partial charge in [-0.25, -0.2) is 0 Å². The summed E-state index contributed by atoms with van der Waals surface area (Å²) in [6.45, 7) is 0. The highest BCUT2D eigenvalue weighted by molar-refractivity contribution is 8.27. The Morgan fingerprint density at radius 3 is 2.64 bits per heavy atom. The molecule has 1 aliphatic rings. The number of thiophene rings is 1. The molecule has 0 aliphatic carbocycles. The fourth-order valence-corrected chi connectivity index (χ4v) is 4.81. The van der Waals surface area contributed by atoms with Crippen molar-refractivity contribution in [3.63, 3.8) is 0 Å². The second-order valence-electron chi connectivity index (χ2n) is 5.30. The third-order valence-electron chi connectivity index (χ3n) is 3.66. The molecule has 0 saturated carbocycles. The number of pyridine rings is 1. The number of hydrogen-bond donors (Lipinski definition) is 0. The second-order valence-corrected chi connectivity index (χ2v) is 8.09. The minimum absolute atomic E-state index is 0.0994. The van der Waals surface area contributed by atoms with Crippen LogP contribution < -0.4 is 4.90 Å². The van der Waals surface area contributed by atoms with Gasteiger partial charge in [0.15, 0.2) is 4.32 Å². The largest absolute Gasteiger partial charge is 0.270 e. The van der Waals surface area contributed by atoms with E-state index < -0.39 is 0 Å². The van der Waals surface area contributed by atoms with Crippen LogP contribution in [-0.4, -0.2) is 15.2 Å². The van der Waals surface area contributed by atoms with Crippen LogP contribution in [-0.2, 0) is 4.79 Å². The van der Waals surface area contributed by atoms with Crippen molar-refractivity contribution in [3.8, 4) is 10.4 Å². The monoisotopic (exact) mass is 380 g/mol. The van der Waals surface area contributed by atoms with E-state index in [1.807, 2.05) is 36.4 Å². The highest BCUT2D eigenvalue weighted by atomic mass is 32.2. The van der Waals surface area contributed by atoms with E-state index in [2.05, 4.69) is 23.2 Å². The number of hydrogen-bond acceptors (Lipinski definition) is 5. The van der Waals surface area contributed by atoms with Crippen molar-refractivity contribution in [1.82, 2.24) is 4.98 Å². The molecule has 1 saturated heterocycles. The molecule has 3 nitrogen and oxygen atoms in total. The summed E-state index contributed by atoms with van der Waals surface area (Å²) in [4.78, 5) is 21.2. The summed E-state index contributed by atoms with van der Waals surface area (Å²) in [5.74, 6) is -0.0994. The molecular formula is C19H12N2OS3. The lowest BCUT2D eigenvalue weighted by Gasteiger charge is -2.13. The molecule has 6 heteroatoms. The van der Waals surface area contributed by atoms with Crippen LogP contribution in [0.4, 0.5) is 5.69 Å². The smallest absolute Gasteiger partial charge is 0.268 e. The molecule has 2 aromatic heterocycles. The number of nitrogens with zero attached hydrogens (tertiary/aromatic N) is 2. The van der Waals surface area contributed by atoms with Crippen molar-refractivity contribution in [1.29, 1.82) is 0 Å². The second kappa shape index (κ2) is 6.92. The van der Waals surface area contributed by atoms with Crippen molar-refractivity contribution < 1.29 is 4.79 Å². The molecule has 0 N–H and O–H groups in total. The Kier molecular flexibility index (Phi) is 4.48. The Bertz CT molecular complexity index is 965. The van der Waals surface area contributed by atoms with Crippen molar-refractivity contribution in [2.75, 3.05) is 4.90 Å². The Balaban J connectivity index is 1.62. The fourth-order valence-electron chi connectivity index (χ4n) is 2.49. The first-order chi connectivity index (χ1) is 12.2. The Morgan fingerprint density at radius 2 is 1.88 bits per heavy atom. The number of amides is 1. The summed E-state index contributed by atoms with van der Waals surface area (Å²) in [6, 6.07) is 17.9. The lowest BCUT2D eigenvalue weighted by molar-refractivity contribution is -0.113. The first-order valence-electron chi connectivity index (χ1n) is 7.55. The van der Waals surface area contributed by atoms with Crippen LogP contribution in [0.5, 0.6) is 0 Å². The van der Waals surface area contributed by atoms with E-state index in [4.69, 9.17) is 12.2 Å². The molecule has 1 aromatic carbocycles. The van der Waals surface area contributed by atoms with E-state index in [1.54, 1.807) is 29.8 Å². The number of thiocarbonyl (C=S) groups is 1. The molecule has 3 heterocycles. The van der Waals surface area contributed by atoms with Crippen LogP contribution in [0.3, 0.4) is 0 Å². The van der Waals surface area contributed by atoms with Gasteiger partial charge in [-0.15, -0.1) is 11.3 Å². The maximum absolute atomic E-state index is 12.7. The number of thioether (sulfide) groups is 1. The van der Waals surface area contributed by atoms with Crippen LogP contribution in [0.25, 0.3) is 16.5 Å². The summed E-state index contributed by atoms with van der Waals surface area (Å²) in [6.07, 6.45) is 5.23. The maximum atomic E-state index is 12.7. The van der Waals surface area contributed by atoms with E-state index in [0.717, 1.165) is 4.88 Å². The fraction of sp³-hybridized carbons (Fsp3) is 0. The van der Waals surface area contributed by atoms with E-state index in [0.29, 0.717) is 14.9 Å². The Morgan fingerprint density at radius 1 is 1.04 bits per heavy atom. The first kappa shape index (κ1) is 16.2. The van der Waals surface area contributed by atoms with Crippen LogP contribution in [0.15, 0.2) is 71.9 Å². The van der Waals surface area contributed by atoms with Crippen molar-refractivity contribution >= 4 is 57.3 Å². The molecule has 1 fully saturated rings. The van der Waals surface area contributed by atoms with Gasteiger partial charge in [-0.1, -0.05) is 54.3 Å². The number of benzene rings is 1. The van der Waals surface area contributed by atoms with Crippen LogP contribution in [0, 0.1) is 0 Å². The van der Waals surface area contributed by atoms with E-state index >= 15 is 0 Å². The summed E-state index contributed by atoms with van der Waals surface area (Å²) in [7, 11) is 0. The molecule has 0 bridgehead atoms. The lowest BCUT2D eigenvalue weighted by Crippen LogP contribution is -2.27. The highest BCUT2D eigenvalue weighted by Crippen LogP contribution is 2.37. The minimum Gasteiger partial charge on any atom is -0.268 e. The van der Waals surface area contributed by atoms with Crippen molar-refractivity contribution in [2.45, 2.75) is 0 Å². The highest BCUT2D eigenvalue weighted by Gasteiger charge is 2.33. The third kappa shape index (κ3) is 3.28. The van der Waals surface area contributed by atoms with Gasteiger partial charge in [0.25, 0.3) is 5.91 Å². The molecule has 0 spiro atoms.